The van der Waals surface area contributed by atoms with E-state index in [0.717, 1.165) is 22.3 Å². The SMILES string of the molecule is CCC1C(C)SC(C)C1CC. The van der Waals surface area contributed by atoms with Crippen LogP contribution >= 0.6 is 11.8 Å². The zero-order chi connectivity index (χ0) is 8.43. The van der Waals surface area contributed by atoms with E-state index < -0.39 is 0 Å². The van der Waals surface area contributed by atoms with E-state index in [1.165, 1.54) is 12.8 Å². The van der Waals surface area contributed by atoms with Crippen molar-refractivity contribution in [2.45, 2.75) is 51.0 Å². The van der Waals surface area contributed by atoms with Gasteiger partial charge in [0.15, 0.2) is 0 Å². The molecule has 1 heterocycles. The quantitative estimate of drug-likeness (QED) is 0.613. The zero-order valence-corrected chi connectivity index (χ0v) is 8.95. The van der Waals surface area contributed by atoms with Gasteiger partial charge < -0.3 is 0 Å². The predicted octanol–water partition coefficient (Wildman–Crippen LogP) is 3.56. The first-order valence-corrected chi connectivity index (χ1v) is 5.80. The number of hydrogen-bond acceptors (Lipinski definition) is 1. The van der Waals surface area contributed by atoms with Crippen molar-refractivity contribution in [2.24, 2.45) is 11.8 Å². The standard InChI is InChI=1S/C10H20S/c1-5-9-7(3)11-8(4)10(9)6-2/h7-10H,5-6H2,1-4H3. The van der Waals surface area contributed by atoms with Crippen molar-refractivity contribution < 1.29 is 0 Å². The molecule has 0 aromatic carbocycles. The Morgan fingerprint density at radius 2 is 1.27 bits per heavy atom. The van der Waals surface area contributed by atoms with Crippen molar-refractivity contribution in [3.8, 4) is 0 Å². The maximum Gasteiger partial charge on any atom is 0.00527 e. The van der Waals surface area contributed by atoms with Crippen molar-refractivity contribution in [1.29, 1.82) is 0 Å². The van der Waals surface area contributed by atoms with Crippen molar-refractivity contribution in [1.82, 2.24) is 0 Å². The molecule has 66 valence electrons. The monoisotopic (exact) mass is 172 g/mol. The highest BCUT2D eigenvalue weighted by Crippen LogP contribution is 2.45. The summed E-state index contributed by atoms with van der Waals surface area (Å²) in [5, 5.41) is 1.81. The Morgan fingerprint density at radius 1 is 0.909 bits per heavy atom. The molecule has 0 N–H and O–H groups in total. The normalized spacial score (nSPS) is 44.7. The molecule has 1 heteroatoms. The average molecular weight is 172 g/mol. The second-order valence-corrected chi connectivity index (χ2v) is 5.45. The van der Waals surface area contributed by atoms with Crippen LogP contribution in [0.25, 0.3) is 0 Å². The lowest BCUT2D eigenvalue weighted by Gasteiger charge is -2.20. The fraction of sp³-hybridized carbons (Fsp3) is 1.00. The third-order valence-corrected chi connectivity index (χ3v) is 4.69. The molecule has 0 nitrogen and oxygen atoms in total. The highest BCUT2D eigenvalue weighted by molar-refractivity contribution is 8.00. The second-order valence-electron chi connectivity index (χ2n) is 3.69. The van der Waals surface area contributed by atoms with E-state index in [0.29, 0.717) is 0 Å². The Bertz CT molecular complexity index is 108. The number of thioether (sulfide) groups is 1. The number of rotatable bonds is 2. The van der Waals surface area contributed by atoms with Crippen LogP contribution in [0.1, 0.15) is 40.5 Å². The van der Waals surface area contributed by atoms with Crippen molar-refractivity contribution in [3.63, 3.8) is 0 Å². The molecule has 0 aliphatic carbocycles. The lowest BCUT2D eigenvalue weighted by Crippen LogP contribution is -2.18. The fourth-order valence-corrected chi connectivity index (χ4v) is 4.38. The van der Waals surface area contributed by atoms with Crippen LogP contribution in [0, 0.1) is 11.8 Å². The van der Waals surface area contributed by atoms with Gasteiger partial charge in [-0.25, -0.2) is 0 Å². The van der Waals surface area contributed by atoms with Gasteiger partial charge in [-0.2, -0.15) is 11.8 Å². The van der Waals surface area contributed by atoms with E-state index in [9.17, 15) is 0 Å². The van der Waals surface area contributed by atoms with E-state index in [4.69, 9.17) is 0 Å². The lowest BCUT2D eigenvalue weighted by atomic mass is 9.84. The first kappa shape index (κ1) is 9.44. The molecule has 1 aliphatic heterocycles. The molecule has 1 fully saturated rings. The fourth-order valence-electron chi connectivity index (χ4n) is 2.51. The van der Waals surface area contributed by atoms with Crippen LogP contribution in [-0.4, -0.2) is 10.5 Å². The first-order chi connectivity index (χ1) is 5.20. The van der Waals surface area contributed by atoms with Crippen molar-refractivity contribution >= 4 is 11.8 Å². The maximum absolute atomic E-state index is 2.39. The Balaban J connectivity index is 2.59. The maximum atomic E-state index is 2.39. The summed E-state index contributed by atoms with van der Waals surface area (Å²) in [5.74, 6) is 1.97. The minimum absolute atomic E-state index is 0.903. The molecule has 4 atom stereocenters. The third kappa shape index (κ3) is 1.74. The summed E-state index contributed by atoms with van der Waals surface area (Å²) >= 11 is 2.19. The van der Waals surface area contributed by atoms with Crippen LogP contribution in [0.3, 0.4) is 0 Å². The average Bonchev–Trinajstić information content (AvgIpc) is 2.24. The molecule has 0 aromatic heterocycles. The molecule has 1 saturated heterocycles. The highest BCUT2D eigenvalue weighted by Gasteiger charge is 2.36. The largest absolute Gasteiger partial charge is 0.155 e. The minimum Gasteiger partial charge on any atom is -0.155 e. The lowest BCUT2D eigenvalue weighted by molar-refractivity contribution is 0.333. The van der Waals surface area contributed by atoms with E-state index in [2.05, 4.69) is 39.5 Å². The molecule has 0 amide bonds. The Hall–Kier alpha value is 0.350. The molecule has 0 aromatic rings. The van der Waals surface area contributed by atoms with E-state index >= 15 is 0 Å². The third-order valence-electron chi connectivity index (χ3n) is 3.13. The number of hydrogen-bond donors (Lipinski definition) is 0. The Labute approximate surface area is 75.1 Å². The van der Waals surface area contributed by atoms with Gasteiger partial charge in [-0.3, -0.25) is 0 Å². The van der Waals surface area contributed by atoms with Gasteiger partial charge in [-0.1, -0.05) is 40.5 Å². The molecule has 0 spiro atoms. The van der Waals surface area contributed by atoms with Gasteiger partial charge in [0.1, 0.15) is 0 Å². The summed E-state index contributed by atoms with van der Waals surface area (Å²) < 4.78 is 0. The van der Waals surface area contributed by atoms with Gasteiger partial charge in [-0.05, 0) is 11.8 Å². The molecule has 0 radical (unpaired) electrons. The van der Waals surface area contributed by atoms with Crippen LogP contribution in [0.5, 0.6) is 0 Å². The zero-order valence-electron chi connectivity index (χ0n) is 8.13. The second kappa shape index (κ2) is 3.84. The van der Waals surface area contributed by atoms with E-state index in [-0.39, 0.29) is 0 Å². The summed E-state index contributed by atoms with van der Waals surface area (Å²) in [6.07, 6.45) is 2.74. The first-order valence-electron chi connectivity index (χ1n) is 4.86. The van der Waals surface area contributed by atoms with Gasteiger partial charge in [0.25, 0.3) is 0 Å². The topological polar surface area (TPSA) is 0 Å². The summed E-state index contributed by atoms with van der Waals surface area (Å²) in [7, 11) is 0. The van der Waals surface area contributed by atoms with E-state index in [1.54, 1.807) is 0 Å². The summed E-state index contributed by atoms with van der Waals surface area (Å²) in [6.45, 7) is 9.46. The molecule has 0 saturated carbocycles. The Morgan fingerprint density at radius 3 is 1.55 bits per heavy atom. The van der Waals surface area contributed by atoms with Gasteiger partial charge in [-0.15, -0.1) is 0 Å². The molecule has 4 unspecified atom stereocenters. The van der Waals surface area contributed by atoms with Crippen LogP contribution in [0.2, 0.25) is 0 Å². The minimum atomic E-state index is 0.903. The summed E-state index contributed by atoms with van der Waals surface area (Å²) in [6, 6.07) is 0. The van der Waals surface area contributed by atoms with Gasteiger partial charge >= 0.3 is 0 Å². The van der Waals surface area contributed by atoms with Crippen LogP contribution in [-0.2, 0) is 0 Å². The molecule has 11 heavy (non-hydrogen) atoms. The molecule has 1 rings (SSSR count). The van der Waals surface area contributed by atoms with Crippen molar-refractivity contribution in [3.05, 3.63) is 0 Å². The van der Waals surface area contributed by atoms with Crippen LogP contribution in [0.15, 0.2) is 0 Å². The van der Waals surface area contributed by atoms with Gasteiger partial charge in [0.05, 0.1) is 0 Å². The Kier molecular flexibility index (Phi) is 3.29. The molecular weight excluding hydrogens is 152 g/mol. The predicted molar refractivity (Wildman–Crippen MR) is 54.1 cm³/mol. The highest BCUT2D eigenvalue weighted by atomic mass is 32.2. The molecule has 1 aliphatic rings. The van der Waals surface area contributed by atoms with Gasteiger partial charge in [0, 0.05) is 10.5 Å². The summed E-state index contributed by atoms with van der Waals surface area (Å²) in [5.41, 5.74) is 0. The van der Waals surface area contributed by atoms with E-state index in [1.807, 2.05) is 0 Å². The van der Waals surface area contributed by atoms with Crippen LogP contribution < -0.4 is 0 Å². The molecule has 0 bridgehead atoms. The smallest absolute Gasteiger partial charge is 0.00527 e. The summed E-state index contributed by atoms with van der Waals surface area (Å²) in [4.78, 5) is 0. The molecular formula is C10H20S. The van der Waals surface area contributed by atoms with Crippen molar-refractivity contribution in [2.75, 3.05) is 0 Å². The van der Waals surface area contributed by atoms with Crippen LogP contribution in [0.4, 0.5) is 0 Å². The van der Waals surface area contributed by atoms with Gasteiger partial charge in [0.2, 0.25) is 0 Å².